The summed E-state index contributed by atoms with van der Waals surface area (Å²) in [7, 11) is 0. The van der Waals surface area contributed by atoms with Crippen molar-refractivity contribution in [2.75, 3.05) is 6.54 Å². The lowest BCUT2D eigenvalue weighted by atomic mass is 10.1. The number of hydrogen-bond acceptors (Lipinski definition) is 2. The minimum atomic E-state index is 0.0854. The number of carbonyl (C=O) groups is 1. The second-order valence-corrected chi connectivity index (χ2v) is 4.24. The fourth-order valence-corrected chi connectivity index (χ4v) is 1.99. The van der Waals surface area contributed by atoms with Gasteiger partial charge < -0.3 is 5.32 Å². The lowest BCUT2D eigenvalue weighted by molar-refractivity contribution is -0.121. The van der Waals surface area contributed by atoms with Gasteiger partial charge in [0.05, 0.1) is 0 Å². The molecule has 0 radical (unpaired) electrons. The lowest BCUT2D eigenvalue weighted by Crippen LogP contribution is -2.32. The fraction of sp³-hybridized carbons (Fsp3) is 0.900. The molecule has 0 heterocycles. The molecule has 0 saturated heterocycles. The van der Waals surface area contributed by atoms with Crippen LogP contribution in [0, 0.1) is 5.92 Å². The van der Waals surface area contributed by atoms with E-state index < -0.39 is 0 Å². The van der Waals surface area contributed by atoms with E-state index in [1.54, 1.807) is 0 Å². The highest BCUT2D eigenvalue weighted by Crippen LogP contribution is 2.24. The van der Waals surface area contributed by atoms with Crippen LogP contribution in [-0.4, -0.2) is 18.5 Å². The van der Waals surface area contributed by atoms with Gasteiger partial charge in [0.2, 0.25) is 5.91 Å². The van der Waals surface area contributed by atoms with E-state index in [1.165, 1.54) is 6.42 Å². The number of nitrogens with one attached hydrogen (secondary N) is 1. The van der Waals surface area contributed by atoms with Gasteiger partial charge in [-0.25, -0.2) is 0 Å². The molecule has 5 nitrogen and oxygen atoms in total. The third kappa shape index (κ3) is 4.70. The van der Waals surface area contributed by atoms with E-state index in [-0.39, 0.29) is 5.91 Å². The molecular formula is C10H18N4O. The van der Waals surface area contributed by atoms with Gasteiger partial charge in [-0.05, 0) is 37.1 Å². The lowest BCUT2D eigenvalue weighted by Gasteiger charge is -2.11. The van der Waals surface area contributed by atoms with Crippen LogP contribution in [0.3, 0.4) is 0 Å². The van der Waals surface area contributed by atoms with Crippen LogP contribution in [0.5, 0.6) is 0 Å². The predicted octanol–water partition coefficient (Wildman–Crippen LogP) is 2.38. The molecule has 0 aliphatic heterocycles. The van der Waals surface area contributed by atoms with E-state index in [1.807, 2.05) is 0 Å². The summed E-state index contributed by atoms with van der Waals surface area (Å²) in [5.74, 6) is 0.820. The standard InChI is InChI=1S/C10H18N4O/c1-8-4-5-9(7-8)13-10(15)3-2-6-12-14-11/h8-9H,2-7H2,1H3,(H,13,15). The van der Waals surface area contributed by atoms with Crippen molar-refractivity contribution in [2.24, 2.45) is 11.0 Å². The largest absolute Gasteiger partial charge is 0.353 e. The third-order valence-electron chi connectivity index (χ3n) is 2.79. The number of carbonyl (C=O) groups excluding carboxylic acids is 1. The van der Waals surface area contributed by atoms with Crippen molar-refractivity contribution < 1.29 is 4.79 Å². The summed E-state index contributed by atoms with van der Waals surface area (Å²) in [5, 5.41) is 6.40. The highest BCUT2D eigenvalue weighted by atomic mass is 16.1. The molecule has 1 fully saturated rings. The van der Waals surface area contributed by atoms with E-state index in [2.05, 4.69) is 22.3 Å². The SMILES string of the molecule is CC1CCC(NC(=O)CCCN=[N+]=[N-])C1. The maximum atomic E-state index is 11.4. The smallest absolute Gasteiger partial charge is 0.220 e. The fourth-order valence-electron chi connectivity index (χ4n) is 1.99. The van der Waals surface area contributed by atoms with E-state index in [4.69, 9.17) is 5.53 Å². The zero-order valence-electron chi connectivity index (χ0n) is 9.15. The van der Waals surface area contributed by atoms with E-state index in [9.17, 15) is 4.79 Å². The van der Waals surface area contributed by atoms with E-state index >= 15 is 0 Å². The molecule has 2 unspecified atom stereocenters. The summed E-state index contributed by atoms with van der Waals surface area (Å²) < 4.78 is 0. The van der Waals surface area contributed by atoms with Crippen LogP contribution in [0.25, 0.3) is 10.4 Å². The summed E-state index contributed by atoms with van der Waals surface area (Å²) in [4.78, 5) is 14.1. The monoisotopic (exact) mass is 210 g/mol. The van der Waals surface area contributed by atoms with Crippen LogP contribution in [0.2, 0.25) is 0 Å². The van der Waals surface area contributed by atoms with Gasteiger partial charge in [-0.3, -0.25) is 4.79 Å². The van der Waals surface area contributed by atoms with Crippen LogP contribution in [-0.2, 0) is 4.79 Å². The molecule has 0 aromatic heterocycles. The Bertz CT molecular complexity index is 260. The van der Waals surface area contributed by atoms with Crippen molar-refractivity contribution >= 4 is 5.91 Å². The molecule has 1 N–H and O–H groups in total. The molecule has 0 spiro atoms. The Morgan fingerprint density at radius 2 is 2.40 bits per heavy atom. The summed E-state index contributed by atoms with van der Waals surface area (Å²) in [5.41, 5.74) is 8.05. The first kappa shape index (κ1) is 11.9. The van der Waals surface area contributed by atoms with E-state index in [0.29, 0.717) is 25.4 Å². The number of azide groups is 1. The van der Waals surface area contributed by atoms with Crippen LogP contribution in [0.1, 0.15) is 39.0 Å². The van der Waals surface area contributed by atoms with Gasteiger partial charge in [-0.15, -0.1) is 0 Å². The highest BCUT2D eigenvalue weighted by molar-refractivity contribution is 5.76. The van der Waals surface area contributed by atoms with Gasteiger partial charge >= 0.3 is 0 Å². The van der Waals surface area contributed by atoms with Crippen molar-refractivity contribution in [1.29, 1.82) is 0 Å². The molecule has 1 aliphatic carbocycles. The molecule has 0 aromatic carbocycles. The molecule has 1 amide bonds. The Labute approximate surface area is 89.9 Å². The third-order valence-corrected chi connectivity index (χ3v) is 2.79. The van der Waals surface area contributed by atoms with Crippen LogP contribution >= 0.6 is 0 Å². The molecule has 0 bridgehead atoms. The van der Waals surface area contributed by atoms with Gasteiger partial charge in [-0.1, -0.05) is 12.0 Å². The zero-order chi connectivity index (χ0) is 11.1. The van der Waals surface area contributed by atoms with Crippen LogP contribution in [0.4, 0.5) is 0 Å². The van der Waals surface area contributed by atoms with Gasteiger partial charge in [0.1, 0.15) is 0 Å². The minimum absolute atomic E-state index is 0.0854. The van der Waals surface area contributed by atoms with Crippen LogP contribution < -0.4 is 5.32 Å². The van der Waals surface area contributed by atoms with Gasteiger partial charge in [0.25, 0.3) is 0 Å². The number of amides is 1. The molecule has 1 aliphatic rings. The average molecular weight is 210 g/mol. The first-order chi connectivity index (χ1) is 7.22. The zero-order valence-corrected chi connectivity index (χ0v) is 9.15. The average Bonchev–Trinajstić information content (AvgIpc) is 2.59. The number of hydrogen-bond donors (Lipinski definition) is 1. The maximum absolute atomic E-state index is 11.4. The van der Waals surface area contributed by atoms with Crippen molar-refractivity contribution in [3.8, 4) is 0 Å². The van der Waals surface area contributed by atoms with Crippen molar-refractivity contribution in [3.63, 3.8) is 0 Å². The van der Waals surface area contributed by atoms with Gasteiger partial charge in [0, 0.05) is 23.9 Å². The van der Waals surface area contributed by atoms with Gasteiger partial charge in [-0.2, -0.15) is 0 Å². The molecule has 84 valence electrons. The minimum Gasteiger partial charge on any atom is -0.353 e. The Hall–Kier alpha value is -1.22. The Kier molecular flexibility index (Phi) is 4.98. The van der Waals surface area contributed by atoms with Crippen molar-refractivity contribution in [1.82, 2.24) is 5.32 Å². The molecule has 1 rings (SSSR count). The quantitative estimate of drug-likeness (QED) is 0.321. The topological polar surface area (TPSA) is 77.9 Å². The second kappa shape index (κ2) is 6.30. The summed E-state index contributed by atoms with van der Waals surface area (Å²) in [6.45, 7) is 2.62. The summed E-state index contributed by atoms with van der Waals surface area (Å²) in [6.07, 6.45) is 4.51. The molecule has 15 heavy (non-hydrogen) atoms. The first-order valence-electron chi connectivity index (χ1n) is 5.52. The first-order valence-corrected chi connectivity index (χ1v) is 5.52. The van der Waals surface area contributed by atoms with Crippen LogP contribution in [0.15, 0.2) is 5.11 Å². The normalized spacial score (nSPS) is 24.6. The van der Waals surface area contributed by atoms with Crippen molar-refractivity contribution in [2.45, 2.75) is 45.1 Å². The molecule has 0 aromatic rings. The molecular weight excluding hydrogens is 192 g/mol. The molecule has 2 atom stereocenters. The maximum Gasteiger partial charge on any atom is 0.220 e. The molecule has 5 heteroatoms. The van der Waals surface area contributed by atoms with Crippen molar-refractivity contribution in [3.05, 3.63) is 10.4 Å². The Morgan fingerprint density at radius 3 is 3.00 bits per heavy atom. The van der Waals surface area contributed by atoms with E-state index in [0.717, 1.165) is 18.8 Å². The Balaban J connectivity index is 2.10. The number of rotatable bonds is 5. The molecule has 1 saturated carbocycles. The highest BCUT2D eigenvalue weighted by Gasteiger charge is 2.22. The second-order valence-electron chi connectivity index (χ2n) is 4.24. The summed E-state index contributed by atoms with van der Waals surface area (Å²) in [6, 6.07) is 0.368. The predicted molar refractivity (Wildman–Crippen MR) is 58.2 cm³/mol. The van der Waals surface area contributed by atoms with Gasteiger partial charge in [0.15, 0.2) is 0 Å². The summed E-state index contributed by atoms with van der Waals surface area (Å²) >= 11 is 0. The number of nitrogens with zero attached hydrogens (tertiary/aromatic N) is 3. The Morgan fingerprint density at radius 1 is 1.60 bits per heavy atom.